The van der Waals surface area contributed by atoms with Crippen molar-refractivity contribution in [1.82, 2.24) is 9.97 Å². The molecule has 2 heterocycles. The Labute approximate surface area is 271 Å². The number of nitrogens with zero attached hydrogens (tertiary/aromatic N) is 4. The van der Waals surface area contributed by atoms with Gasteiger partial charge in [-0.05, 0) is 102 Å². The largest absolute Gasteiger partial charge is 0.443 e. The van der Waals surface area contributed by atoms with Gasteiger partial charge in [-0.15, -0.1) is 0 Å². The third-order valence-corrected chi connectivity index (χ3v) is 6.75. The zero-order valence-corrected chi connectivity index (χ0v) is 28.7. The molecule has 0 aliphatic rings. The molecule has 11 heteroatoms. The monoisotopic (exact) mass is 678 g/mol. The number of carbonyl (C=O) groups is 3. The molecular formula is C34H39BrN4O6. The first-order valence-corrected chi connectivity index (χ1v) is 15.3. The summed E-state index contributed by atoms with van der Waals surface area (Å²) in [6.07, 6.45) is 0.807. The van der Waals surface area contributed by atoms with Crippen LogP contribution in [0, 0.1) is 0 Å². The van der Waals surface area contributed by atoms with Gasteiger partial charge in [-0.2, -0.15) is 4.90 Å². The van der Waals surface area contributed by atoms with Gasteiger partial charge in [0.05, 0.1) is 17.7 Å². The van der Waals surface area contributed by atoms with Gasteiger partial charge < -0.3 is 14.2 Å². The first kappa shape index (κ1) is 33.6. The second-order valence-corrected chi connectivity index (χ2v) is 14.4. The summed E-state index contributed by atoms with van der Waals surface area (Å²) in [7, 11) is 0. The molecule has 0 bridgehead atoms. The lowest BCUT2D eigenvalue weighted by atomic mass is 10.1. The van der Waals surface area contributed by atoms with Gasteiger partial charge >= 0.3 is 18.3 Å². The lowest BCUT2D eigenvalue weighted by molar-refractivity contribution is 0.0428. The lowest BCUT2D eigenvalue weighted by Crippen LogP contribution is -2.44. The molecule has 0 spiro atoms. The van der Waals surface area contributed by atoms with Crippen LogP contribution in [0.2, 0.25) is 0 Å². The number of anilines is 2. The van der Waals surface area contributed by atoms with Crippen LogP contribution in [0.1, 0.15) is 67.9 Å². The third kappa shape index (κ3) is 8.48. The Morgan fingerprint density at radius 3 is 1.89 bits per heavy atom. The number of hydrogen-bond acceptors (Lipinski definition) is 8. The van der Waals surface area contributed by atoms with Crippen LogP contribution in [-0.4, -0.2) is 45.1 Å². The van der Waals surface area contributed by atoms with Crippen LogP contribution in [0.4, 0.5) is 25.9 Å². The van der Waals surface area contributed by atoms with E-state index in [0.29, 0.717) is 20.9 Å². The van der Waals surface area contributed by atoms with E-state index < -0.39 is 35.1 Å². The van der Waals surface area contributed by atoms with Crippen LogP contribution in [0.25, 0.3) is 21.7 Å². The normalized spacial score (nSPS) is 12.1. The Hall–Kier alpha value is -4.25. The molecule has 0 saturated heterocycles. The van der Waals surface area contributed by atoms with E-state index in [2.05, 4.69) is 25.9 Å². The van der Waals surface area contributed by atoms with Crippen molar-refractivity contribution in [3.05, 3.63) is 71.0 Å². The van der Waals surface area contributed by atoms with Gasteiger partial charge in [0.1, 0.15) is 16.8 Å². The minimum atomic E-state index is -0.919. The smallest absolute Gasteiger partial charge is 0.425 e. The Kier molecular flexibility index (Phi) is 9.44. The Bertz CT molecular complexity index is 1720. The molecule has 4 aromatic rings. The number of amides is 3. The van der Waals surface area contributed by atoms with Gasteiger partial charge in [-0.1, -0.05) is 30.3 Å². The molecule has 45 heavy (non-hydrogen) atoms. The van der Waals surface area contributed by atoms with Gasteiger partial charge in [0.15, 0.2) is 5.82 Å². The van der Waals surface area contributed by atoms with Crippen molar-refractivity contribution in [2.75, 3.05) is 9.80 Å². The maximum absolute atomic E-state index is 13.6. The number of para-hydroxylation sites is 1. The second kappa shape index (κ2) is 12.6. The fraction of sp³-hybridized carbons (Fsp3) is 0.382. The molecule has 10 nitrogen and oxygen atoms in total. The van der Waals surface area contributed by atoms with Gasteiger partial charge in [0.25, 0.3) is 0 Å². The van der Waals surface area contributed by atoms with Crippen LogP contribution in [0.15, 0.2) is 65.4 Å². The SMILES string of the molecule is CC(C)(C)OC(=O)N(Cc1ccc2c(N(C(=O)OC(C)(C)C)C(=O)OC(C)(C)C)ncc(Br)c2c1)c1ccnc2ccccc12. The van der Waals surface area contributed by atoms with Gasteiger partial charge in [0, 0.05) is 33.0 Å². The highest BCUT2D eigenvalue weighted by Gasteiger charge is 2.35. The van der Waals surface area contributed by atoms with Crippen molar-refractivity contribution in [2.45, 2.75) is 85.7 Å². The van der Waals surface area contributed by atoms with Gasteiger partial charge in [-0.25, -0.2) is 19.4 Å². The van der Waals surface area contributed by atoms with E-state index in [1.807, 2.05) is 57.2 Å². The molecule has 0 unspecified atom stereocenters. The first-order valence-electron chi connectivity index (χ1n) is 14.5. The molecule has 0 saturated carbocycles. The Morgan fingerprint density at radius 1 is 0.711 bits per heavy atom. The Morgan fingerprint density at radius 2 is 1.29 bits per heavy atom. The van der Waals surface area contributed by atoms with E-state index in [1.165, 1.54) is 6.20 Å². The second-order valence-electron chi connectivity index (χ2n) is 13.5. The van der Waals surface area contributed by atoms with Crippen LogP contribution >= 0.6 is 15.9 Å². The number of aromatic nitrogens is 2. The number of ether oxygens (including phenoxy) is 3. The maximum Gasteiger partial charge on any atom is 0.425 e. The first-order chi connectivity index (χ1) is 20.8. The zero-order chi connectivity index (χ0) is 33.3. The highest BCUT2D eigenvalue weighted by atomic mass is 79.9. The molecule has 2 aromatic carbocycles. The molecule has 0 N–H and O–H groups in total. The summed E-state index contributed by atoms with van der Waals surface area (Å²) in [5, 5.41) is 1.94. The summed E-state index contributed by atoms with van der Waals surface area (Å²) < 4.78 is 17.6. The maximum atomic E-state index is 13.6. The molecule has 4 rings (SSSR count). The average Bonchev–Trinajstić information content (AvgIpc) is 2.90. The summed E-state index contributed by atoms with van der Waals surface area (Å²) in [4.78, 5) is 51.6. The predicted octanol–water partition coefficient (Wildman–Crippen LogP) is 9.16. The topological polar surface area (TPSA) is 111 Å². The fourth-order valence-electron chi connectivity index (χ4n) is 4.44. The molecular weight excluding hydrogens is 640 g/mol. The quantitative estimate of drug-likeness (QED) is 0.196. The summed E-state index contributed by atoms with van der Waals surface area (Å²) in [6, 6.07) is 14.8. The van der Waals surface area contributed by atoms with Crippen molar-refractivity contribution in [1.29, 1.82) is 0 Å². The van der Waals surface area contributed by atoms with Crippen LogP contribution < -0.4 is 9.80 Å². The summed E-state index contributed by atoms with van der Waals surface area (Å²) in [5.74, 6) is 0.0485. The van der Waals surface area contributed by atoms with Crippen LogP contribution in [0.3, 0.4) is 0 Å². The number of carbonyl (C=O) groups excluding carboxylic acids is 3. The van der Waals surface area contributed by atoms with E-state index in [-0.39, 0.29) is 12.4 Å². The molecule has 0 aliphatic carbocycles. The molecule has 0 aliphatic heterocycles. The number of imide groups is 1. The standard InChI is InChI=1S/C34H39BrN4O6/c1-32(2,3)43-29(40)38(27-16-17-36-26-13-11-10-12-23(26)27)20-21-14-15-22-24(18-21)25(35)19-37-28(22)39(30(41)44-33(4,5)6)31(42)45-34(7,8)9/h10-19H,20H2,1-9H3. The zero-order valence-electron chi connectivity index (χ0n) is 27.1. The highest BCUT2D eigenvalue weighted by Crippen LogP contribution is 2.34. The number of fused-ring (bicyclic) bond motifs is 2. The van der Waals surface area contributed by atoms with Crippen LogP contribution in [0.5, 0.6) is 0 Å². The van der Waals surface area contributed by atoms with Gasteiger partial charge in [0.2, 0.25) is 0 Å². The highest BCUT2D eigenvalue weighted by molar-refractivity contribution is 9.10. The third-order valence-electron chi connectivity index (χ3n) is 6.12. The molecule has 238 valence electrons. The van der Waals surface area contributed by atoms with Crippen molar-refractivity contribution in [3.63, 3.8) is 0 Å². The van der Waals surface area contributed by atoms with Crippen molar-refractivity contribution < 1.29 is 28.6 Å². The fourth-order valence-corrected chi connectivity index (χ4v) is 4.87. The van der Waals surface area contributed by atoms with Gasteiger partial charge in [-0.3, -0.25) is 9.88 Å². The van der Waals surface area contributed by atoms with Crippen molar-refractivity contribution >= 4 is 67.4 Å². The van der Waals surface area contributed by atoms with E-state index in [4.69, 9.17) is 14.2 Å². The van der Waals surface area contributed by atoms with Crippen molar-refractivity contribution in [2.24, 2.45) is 0 Å². The number of pyridine rings is 2. The number of halogens is 1. The lowest BCUT2D eigenvalue weighted by Gasteiger charge is -2.29. The van der Waals surface area contributed by atoms with E-state index >= 15 is 0 Å². The van der Waals surface area contributed by atoms with Crippen molar-refractivity contribution in [3.8, 4) is 0 Å². The number of hydrogen-bond donors (Lipinski definition) is 0. The summed E-state index contributed by atoms with van der Waals surface area (Å²) >= 11 is 3.57. The molecule has 3 amide bonds. The predicted molar refractivity (Wildman–Crippen MR) is 179 cm³/mol. The average molecular weight is 680 g/mol. The van der Waals surface area contributed by atoms with E-state index in [0.717, 1.165) is 21.4 Å². The molecule has 2 aromatic heterocycles. The molecule has 0 fully saturated rings. The summed E-state index contributed by atoms with van der Waals surface area (Å²) in [5.41, 5.74) is -0.336. The minimum absolute atomic E-state index is 0.0485. The summed E-state index contributed by atoms with van der Waals surface area (Å²) in [6.45, 7) is 15.9. The number of rotatable bonds is 4. The number of benzene rings is 2. The Balaban J connectivity index is 1.82. The molecule has 0 atom stereocenters. The van der Waals surface area contributed by atoms with E-state index in [9.17, 15) is 14.4 Å². The molecule has 0 radical (unpaired) electrons. The van der Waals surface area contributed by atoms with E-state index in [1.54, 1.807) is 64.8 Å². The van der Waals surface area contributed by atoms with Crippen LogP contribution in [-0.2, 0) is 20.8 Å². The minimum Gasteiger partial charge on any atom is -0.443 e.